The molecule has 1 aliphatic heterocycles. The molecule has 2 amide bonds. The van der Waals surface area contributed by atoms with Crippen LogP contribution in [0.3, 0.4) is 0 Å². The summed E-state index contributed by atoms with van der Waals surface area (Å²) in [5.41, 5.74) is 0.558. The Morgan fingerprint density at radius 1 is 1.39 bits per heavy atom. The van der Waals surface area contributed by atoms with Crippen molar-refractivity contribution in [2.75, 3.05) is 0 Å². The molecule has 0 spiro atoms. The van der Waals surface area contributed by atoms with Crippen molar-refractivity contribution in [2.24, 2.45) is 0 Å². The lowest BCUT2D eigenvalue weighted by Crippen LogP contribution is -2.48. The van der Waals surface area contributed by atoms with Crippen LogP contribution >= 0.6 is 11.9 Å². The molecule has 1 saturated heterocycles. The molecule has 2 N–H and O–H groups in total. The van der Waals surface area contributed by atoms with Crippen LogP contribution in [0.4, 0.5) is 0 Å². The topological polar surface area (TPSA) is 82.0 Å². The number of nitriles is 1. The van der Waals surface area contributed by atoms with Gasteiger partial charge in [-0.3, -0.25) is 14.9 Å². The highest BCUT2D eigenvalue weighted by Crippen LogP contribution is 2.20. The van der Waals surface area contributed by atoms with Crippen molar-refractivity contribution < 1.29 is 9.59 Å². The number of benzene rings is 1. The highest BCUT2D eigenvalue weighted by atomic mass is 32.2. The van der Waals surface area contributed by atoms with Gasteiger partial charge in [0.15, 0.2) is 0 Å². The van der Waals surface area contributed by atoms with E-state index in [-0.39, 0.29) is 11.8 Å². The third kappa shape index (κ3) is 2.88. The third-order valence-electron chi connectivity index (χ3n) is 2.56. The fourth-order valence-corrected chi connectivity index (χ4v) is 2.45. The first kappa shape index (κ1) is 12.6. The minimum atomic E-state index is -0.403. The summed E-state index contributed by atoms with van der Waals surface area (Å²) in [5, 5.41) is 11.2. The van der Waals surface area contributed by atoms with E-state index in [0.717, 1.165) is 4.90 Å². The third-order valence-corrected chi connectivity index (χ3v) is 3.54. The second-order valence-corrected chi connectivity index (χ2v) is 4.71. The molecule has 2 rings (SSSR count). The minimum absolute atomic E-state index is 0.236. The largest absolute Gasteiger partial charge is 0.295 e. The Bertz CT molecular complexity index is 524. The Hall–Kier alpha value is -1.84. The Kier molecular flexibility index (Phi) is 3.97. The van der Waals surface area contributed by atoms with Crippen molar-refractivity contribution in [1.29, 1.82) is 5.26 Å². The molecule has 1 fully saturated rings. The highest BCUT2D eigenvalue weighted by molar-refractivity contribution is 7.97. The molecule has 1 aromatic carbocycles. The fourth-order valence-electron chi connectivity index (χ4n) is 1.59. The molecule has 1 aliphatic rings. The van der Waals surface area contributed by atoms with Crippen molar-refractivity contribution >= 4 is 23.8 Å². The van der Waals surface area contributed by atoms with Crippen LogP contribution in [0.2, 0.25) is 0 Å². The molecule has 1 unspecified atom stereocenters. The number of rotatable bonds is 3. The summed E-state index contributed by atoms with van der Waals surface area (Å²) in [6, 6.07) is 8.82. The summed E-state index contributed by atoms with van der Waals surface area (Å²) in [6.45, 7) is 0. The molecule has 0 aromatic heterocycles. The van der Waals surface area contributed by atoms with Gasteiger partial charge in [0.1, 0.15) is 6.07 Å². The van der Waals surface area contributed by atoms with Gasteiger partial charge in [0, 0.05) is 11.3 Å². The van der Waals surface area contributed by atoms with Gasteiger partial charge in [0.2, 0.25) is 11.8 Å². The number of imide groups is 1. The number of nitrogens with zero attached hydrogens (tertiary/aromatic N) is 1. The van der Waals surface area contributed by atoms with Crippen LogP contribution in [-0.2, 0) is 9.59 Å². The molecule has 0 radical (unpaired) electrons. The molecule has 18 heavy (non-hydrogen) atoms. The first-order valence-corrected chi connectivity index (χ1v) is 6.27. The summed E-state index contributed by atoms with van der Waals surface area (Å²) < 4.78 is 2.98. The molecule has 0 aliphatic carbocycles. The molecule has 5 nitrogen and oxygen atoms in total. The van der Waals surface area contributed by atoms with Gasteiger partial charge in [0.25, 0.3) is 0 Å². The molecular weight excluding hydrogens is 250 g/mol. The predicted molar refractivity (Wildman–Crippen MR) is 66.3 cm³/mol. The van der Waals surface area contributed by atoms with Crippen LogP contribution in [0.5, 0.6) is 0 Å². The zero-order chi connectivity index (χ0) is 13.0. The lowest BCUT2D eigenvalue weighted by atomic mass is 10.1. The maximum Gasteiger partial charge on any atom is 0.244 e. The quantitative estimate of drug-likeness (QED) is 0.625. The zero-order valence-electron chi connectivity index (χ0n) is 9.47. The summed E-state index contributed by atoms with van der Waals surface area (Å²) in [7, 11) is 0. The van der Waals surface area contributed by atoms with E-state index in [4.69, 9.17) is 5.26 Å². The van der Waals surface area contributed by atoms with Crippen LogP contribution in [-0.4, -0.2) is 17.9 Å². The van der Waals surface area contributed by atoms with E-state index >= 15 is 0 Å². The van der Waals surface area contributed by atoms with E-state index < -0.39 is 6.04 Å². The van der Waals surface area contributed by atoms with Gasteiger partial charge in [-0.25, -0.2) is 4.72 Å². The second-order valence-electron chi connectivity index (χ2n) is 3.83. The van der Waals surface area contributed by atoms with Gasteiger partial charge in [-0.2, -0.15) is 5.26 Å². The van der Waals surface area contributed by atoms with Crippen molar-refractivity contribution in [2.45, 2.75) is 23.8 Å². The van der Waals surface area contributed by atoms with Crippen LogP contribution in [0.15, 0.2) is 29.2 Å². The molecule has 0 saturated carbocycles. The number of nitrogens with one attached hydrogen (secondary N) is 2. The van der Waals surface area contributed by atoms with E-state index in [1.165, 1.54) is 11.9 Å². The van der Waals surface area contributed by atoms with Gasteiger partial charge in [0.05, 0.1) is 11.6 Å². The van der Waals surface area contributed by atoms with Gasteiger partial charge in [-0.15, -0.1) is 0 Å². The number of hydrogen-bond acceptors (Lipinski definition) is 5. The summed E-state index contributed by atoms with van der Waals surface area (Å²) in [5.74, 6) is -0.548. The van der Waals surface area contributed by atoms with E-state index in [9.17, 15) is 9.59 Å². The SMILES string of the molecule is N#Cc1ccccc1SNC1CCC(=O)NC1=O. The van der Waals surface area contributed by atoms with E-state index in [1.807, 2.05) is 12.1 Å². The number of piperidine rings is 1. The maximum absolute atomic E-state index is 11.5. The first-order valence-electron chi connectivity index (χ1n) is 5.46. The number of hydrogen-bond donors (Lipinski definition) is 2. The van der Waals surface area contributed by atoms with Gasteiger partial charge < -0.3 is 0 Å². The van der Waals surface area contributed by atoms with Crippen molar-refractivity contribution in [3.8, 4) is 6.07 Å². The Labute approximate surface area is 109 Å². The van der Waals surface area contributed by atoms with Crippen molar-refractivity contribution in [3.05, 3.63) is 29.8 Å². The van der Waals surface area contributed by atoms with E-state index in [2.05, 4.69) is 16.1 Å². The molecule has 0 bridgehead atoms. The van der Waals surface area contributed by atoms with Crippen molar-refractivity contribution in [1.82, 2.24) is 10.0 Å². The van der Waals surface area contributed by atoms with E-state index in [0.29, 0.717) is 18.4 Å². The molecule has 92 valence electrons. The zero-order valence-corrected chi connectivity index (χ0v) is 10.3. The Morgan fingerprint density at radius 3 is 2.89 bits per heavy atom. The number of carbonyl (C=O) groups excluding carboxylic acids is 2. The number of amides is 2. The summed E-state index contributed by atoms with van der Waals surface area (Å²) in [6.07, 6.45) is 0.816. The molecule has 1 aromatic rings. The fraction of sp³-hybridized carbons (Fsp3) is 0.250. The normalized spacial score (nSPS) is 19.2. The van der Waals surface area contributed by atoms with Crippen LogP contribution in [0, 0.1) is 11.3 Å². The average molecular weight is 261 g/mol. The second kappa shape index (κ2) is 5.67. The summed E-state index contributed by atoms with van der Waals surface area (Å²) >= 11 is 1.24. The summed E-state index contributed by atoms with van der Waals surface area (Å²) in [4.78, 5) is 23.3. The van der Waals surface area contributed by atoms with Crippen molar-refractivity contribution in [3.63, 3.8) is 0 Å². The lowest BCUT2D eigenvalue weighted by Gasteiger charge is -2.21. The van der Waals surface area contributed by atoms with E-state index in [1.54, 1.807) is 12.1 Å². The highest BCUT2D eigenvalue weighted by Gasteiger charge is 2.26. The minimum Gasteiger partial charge on any atom is -0.295 e. The van der Waals surface area contributed by atoms with Crippen LogP contribution in [0.25, 0.3) is 0 Å². The Balaban J connectivity index is 1.98. The van der Waals surface area contributed by atoms with Crippen LogP contribution in [0.1, 0.15) is 18.4 Å². The monoisotopic (exact) mass is 261 g/mol. The molecular formula is C12H11N3O2S. The van der Waals surface area contributed by atoms with Crippen LogP contribution < -0.4 is 10.0 Å². The Morgan fingerprint density at radius 2 is 2.17 bits per heavy atom. The maximum atomic E-state index is 11.5. The number of carbonyl (C=O) groups is 2. The molecule has 6 heteroatoms. The average Bonchev–Trinajstić information content (AvgIpc) is 2.38. The molecule has 1 heterocycles. The predicted octanol–water partition coefficient (Wildman–Crippen LogP) is 0.960. The van der Waals surface area contributed by atoms with Gasteiger partial charge in [-0.1, -0.05) is 12.1 Å². The van der Waals surface area contributed by atoms with Gasteiger partial charge in [-0.05, 0) is 30.5 Å². The van der Waals surface area contributed by atoms with Gasteiger partial charge >= 0.3 is 0 Å². The standard InChI is InChI=1S/C12H11N3O2S/c13-7-8-3-1-2-4-10(8)18-15-9-5-6-11(16)14-12(9)17/h1-4,9,15H,5-6H2,(H,14,16,17). The lowest BCUT2D eigenvalue weighted by molar-refractivity contribution is -0.134. The molecule has 1 atom stereocenters. The smallest absolute Gasteiger partial charge is 0.244 e. The first-order chi connectivity index (χ1) is 8.70.